The average Bonchev–Trinajstić information content (AvgIpc) is 3.33. The van der Waals surface area contributed by atoms with E-state index in [4.69, 9.17) is 5.73 Å². The number of amides is 1. The zero-order chi connectivity index (χ0) is 26.3. The van der Waals surface area contributed by atoms with Gasteiger partial charge in [-0.2, -0.15) is 5.10 Å². The van der Waals surface area contributed by atoms with Gasteiger partial charge in [-0.1, -0.05) is 18.2 Å². The molecule has 12 heteroatoms. The molecule has 0 radical (unpaired) electrons. The van der Waals surface area contributed by atoms with Crippen molar-refractivity contribution in [2.24, 2.45) is 10.7 Å². The van der Waals surface area contributed by atoms with Crippen molar-refractivity contribution in [1.82, 2.24) is 30.0 Å². The van der Waals surface area contributed by atoms with Crippen LogP contribution in [0.25, 0.3) is 22.6 Å². The molecule has 0 fully saturated rings. The zero-order valence-electron chi connectivity index (χ0n) is 20.5. The number of pyridine rings is 1. The predicted molar refractivity (Wildman–Crippen MR) is 140 cm³/mol. The van der Waals surface area contributed by atoms with E-state index in [9.17, 15) is 13.4 Å². The van der Waals surface area contributed by atoms with Crippen LogP contribution in [0.4, 0.5) is 10.2 Å². The Morgan fingerprint density at radius 3 is 2.73 bits per heavy atom. The number of aliphatic imine (C=N–C) groups is 1. The van der Waals surface area contributed by atoms with Crippen molar-refractivity contribution >= 4 is 39.4 Å². The Kier molecular flexibility index (Phi) is 6.28. The van der Waals surface area contributed by atoms with E-state index < -0.39 is 22.1 Å². The maximum Gasteiger partial charge on any atom is 0.270 e. The van der Waals surface area contributed by atoms with Crippen LogP contribution in [0.15, 0.2) is 47.6 Å². The standard InChI is InChI=1S/C25H25FN8O2S/c1-25(2)17-19(23(35)29-11-12-37(3)36)30-21(31-20(17)32-24(25)27)18-15-8-6-10-28-22(15)34(33-18)13-14-7-4-5-9-16(14)26/h4-10H,11-13H2,1-3H3,(H,29,35)(H2,27,30,31,32). The maximum absolute atomic E-state index is 14.4. The number of nitrogens with two attached hydrogens (primary N) is 1. The van der Waals surface area contributed by atoms with Gasteiger partial charge in [0.15, 0.2) is 17.3 Å². The normalized spacial score (nSPS) is 14.9. The maximum atomic E-state index is 14.4. The van der Waals surface area contributed by atoms with Crippen LogP contribution in [0, 0.1) is 5.82 Å². The van der Waals surface area contributed by atoms with E-state index in [1.165, 1.54) is 6.07 Å². The lowest BCUT2D eigenvalue weighted by Gasteiger charge is -2.21. The highest BCUT2D eigenvalue weighted by molar-refractivity contribution is 7.84. The minimum absolute atomic E-state index is 0.122. The van der Waals surface area contributed by atoms with Crippen LogP contribution in [-0.2, 0) is 22.8 Å². The van der Waals surface area contributed by atoms with Gasteiger partial charge in [0, 0.05) is 46.7 Å². The summed E-state index contributed by atoms with van der Waals surface area (Å²) in [4.78, 5) is 31.4. The first-order valence-electron chi connectivity index (χ1n) is 11.6. The Morgan fingerprint density at radius 2 is 1.97 bits per heavy atom. The highest BCUT2D eigenvalue weighted by Gasteiger charge is 2.40. The molecule has 1 aliphatic rings. The molecule has 4 aromatic rings. The number of nitrogens with one attached hydrogen (secondary N) is 1. The fraction of sp³-hybridized carbons (Fsp3) is 0.280. The third-order valence-electron chi connectivity index (χ3n) is 6.27. The first kappa shape index (κ1) is 24.6. The number of rotatable bonds is 7. The van der Waals surface area contributed by atoms with Crippen molar-refractivity contribution in [1.29, 1.82) is 0 Å². The van der Waals surface area contributed by atoms with E-state index in [2.05, 4.69) is 30.4 Å². The first-order chi connectivity index (χ1) is 17.7. The second-order valence-electron chi connectivity index (χ2n) is 9.22. The molecule has 0 saturated heterocycles. The number of carbonyl (C=O) groups excluding carboxylic acids is 1. The van der Waals surface area contributed by atoms with Crippen molar-refractivity contribution in [3.05, 3.63) is 65.2 Å². The summed E-state index contributed by atoms with van der Waals surface area (Å²) < 4.78 is 27.4. The molecule has 3 N–H and O–H groups in total. The third kappa shape index (κ3) is 4.48. The van der Waals surface area contributed by atoms with Gasteiger partial charge in [0.2, 0.25) is 0 Å². The number of amidine groups is 1. The number of carbonyl (C=O) groups is 1. The lowest BCUT2D eigenvalue weighted by molar-refractivity contribution is 0.0949. The van der Waals surface area contributed by atoms with Crippen LogP contribution in [0.2, 0.25) is 0 Å². The van der Waals surface area contributed by atoms with E-state index in [1.807, 2.05) is 19.9 Å². The van der Waals surface area contributed by atoms with Crippen LogP contribution in [0.3, 0.4) is 0 Å². The highest BCUT2D eigenvalue weighted by atomic mass is 32.2. The average molecular weight is 521 g/mol. The third-order valence-corrected chi connectivity index (χ3v) is 7.05. The van der Waals surface area contributed by atoms with Crippen LogP contribution >= 0.6 is 0 Å². The smallest absolute Gasteiger partial charge is 0.270 e. The lowest BCUT2D eigenvalue weighted by Crippen LogP contribution is -2.36. The molecule has 1 aliphatic heterocycles. The van der Waals surface area contributed by atoms with E-state index in [-0.39, 0.29) is 36.2 Å². The monoisotopic (exact) mass is 520 g/mol. The van der Waals surface area contributed by atoms with Crippen LogP contribution in [0.5, 0.6) is 0 Å². The van der Waals surface area contributed by atoms with Gasteiger partial charge in [-0.05, 0) is 32.0 Å². The molecule has 0 aliphatic carbocycles. The van der Waals surface area contributed by atoms with Crippen molar-refractivity contribution in [3.63, 3.8) is 0 Å². The van der Waals surface area contributed by atoms with E-state index in [1.54, 1.807) is 41.4 Å². The van der Waals surface area contributed by atoms with E-state index in [0.717, 1.165) is 0 Å². The van der Waals surface area contributed by atoms with Gasteiger partial charge in [-0.3, -0.25) is 9.00 Å². The van der Waals surface area contributed by atoms with Crippen LogP contribution in [-0.4, -0.2) is 59.2 Å². The van der Waals surface area contributed by atoms with Gasteiger partial charge in [-0.15, -0.1) is 0 Å². The Labute approximate surface area is 214 Å². The van der Waals surface area contributed by atoms with Gasteiger partial charge in [0.25, 0.3) is 5.91 Å². The number of hydrogen-bond acceptors (Lipinski definition) is 8. The number of nitrogens with zero attached hydrogens (tertiary/aromatic N) is 6. The van der Waals surface area contributed by atoms with Gasteiger partial charge < -0.3 is 11.1 Å². The number of fused-ring (bicyclic) bond motifs is 2. The molecule has 0 saturated carbocycles. The minimum Gasteiger partial charge on any atom is -0.386 e. The first-order valence-corrected chi connectivity index (χ1v) is 13.3. The Morgan fingerprint density at radius 1 is 1.19 bits per heavy atom. The molecular formula is C25H25FN8O2S. The lowest BCUT2D eigenvalue weighted by atomic mass is 9.84. The quantitative estimate of drug-likeness (QED) is 0.381. The highest BCUT2D eigenvalue weighted by Crippen LogP contribution is 2.40. The number of aromatic nitrogens is 5. The summed E-state index contributed by atoms with van der Waals surface area (Å²) in [5.41, 5.74) is 7.42. The molecule has 10 nitrogen and oxygen atoms in total. The molecule has 0 spiro atoms. The second kappa shape index (κ2) is 9.43. The van der Waals surface area contributed by atoms with Crippen molar-refractivity contribution in [3.8, 4) is 11.5 Å². The summed E-state index contributed by atoms with van der Waals surface area (Å²) >= 11 is 0. The Bertz CT molecular complexity index is 1600. The van der Waals surface area contributed by atoms with Crippen molar-refractivity contribution < 1.29 is 13.4 Å². The Hall–Kier alpha value is -4.06. The molecule has 37 heavy (non-hydrogen) atoms. The van der Waals surface area contributed by atoms with Gasteiger partial charge in [0.05, 0.1) is 17.3 Å². The summed E-state index contributed by atoms with van der Waals surface area (Å²) in [6, 6.07) is 10.0. The molecule has 3 aromatic heterocycles. The van der Waals surface area contributed by atoms with Crippen LogP contribution in [0.1, 0.15) is 35.5 Å². The van der Waals surface area contributed by atoms with E-state index in [0.29, 0.717) is 39.4 Å². The van der Waals surface area contributed by atoms with Gasteiger partial charge >= 0.3 is 0 Å². The summed E-state index contributed by atoms with van der Waals surface area (Å²) in [5, 5.41) is 8.09. The second-order valence-corrected chi connectivity index (χ2v) is 10.8. The summed E-state index contributed by atoms with van der Waals surface area (Å²) in [7, 11) is -1.06. The van der Waals surface area contributed by atoms with Crippen molar-refractivity contribution in [2.75, 3.05) is 18.6 Å². The molecular weight excluding hydrogens is 495 g/mol. The molecule has 1 aromatic carbocycles. The number of halogens is 1. The summed E-state index contributed by atoms with van der Waals surface area (Å²) in [6.07, 6.45) is 3.19. The topological polar surface area (TPSA) is 141 Å². The largest absolute Gasteiger partial charge is 0.386 e. The fourth-order valence-electron chi connectivity index (χ4n) is 4.22. The van der Waals surface area contributed by atoms with Gasteiger partial charge in [-0.25, -0.2) is 29.0 Å². The minimum atomic E-state index is -1.06. The fourth-order valence-corrected chi connectivity index (χ4v) is 4.61. The molecule has 1 unspecified atom stereocenters. The molecule has 0 bridgehead atoms. The SMILES string of the molecule is CS(=O)CCNC(=O)c1nc(-c2nn(Cc3ccccc3F)c3ncccc23)nc2c1C(C)(C)C(N)=N2. The summed E-state index contributed by atoms with van der Waals surface area (Å²) in [5.74, 6) is 0.284. The molecule has 1 amide bonds. The molecule has 4 heterocycles. The van der Waals surface area contributed by atoms with Crippen LogP contribution < -0.4 is 11.1 Å². The van der Waals surface area contributed by atoms with Gasteiger partial charge in [0.1, 0.15) is 23.0 Å². The molecule has 5 rings (SSSR count). The number of hydrogen-bond donors (Lipinski definition) is 2. The molecule has 190 valence electrons. The molecule has 1 atom stereocenters. The zero-order valence-corrected chi connectivity index (χ0v) is 21.3. The summed E-state index contributed by atoms with van der Waals surface area (Å²) in [6.45, 7) is 4.06. The Balaban J connectivity index is 1.64. The predicted octanol–water partition coefficient (Wildman–Crippen LogP) is 2.46. The van der Waals surface area contributed by atoms with E-state index >= 15 is 0 Å². The van der Waals surface area contributed by atoms with Crippen molar-refractivity contribution in [2.45, 2.75) is 25.8 Å². The number of benzene rings is 1.